The summed E-state index contributed by atoms with van der Waals surface area (Å²) in [6, 6.07) is 0. The molecule has 0 aromatic carbocycles. The van der Waals surface area contributed by atoms with Gasteiger partial charge in [0, 0.05) is 5.92 Å². The fourth-order valence-electron chi connectivity index (χ4n) is 1.98. The van der Waals surface area contributed by atoms with Gasteiger partial charge in [0.15, 0.2) is 5.67 Å². The van der Waals surface area contributed by atoms with Crippen LogP contribution in [0.15, 0.2) is 0 Å². The molecule has 58 valence electrons. The van der Waals surface area contributed by atoms with E-state index in [0.29, 0.717) is 12.8 Å². The summed E-state index contributed by atoms with van der Waals surface area (Å²) >= 11 is 5.31. The molecular weight excluding hydrogens is 158 g/mol. The summed E-state index contributed by atoms with van der Waals surface area (Å²) < 4.78 is 26.2. The van der Waals surface area contributed by atoms with Crippen LogP contribution in [0.2, 0.25) is 0 Å². The van der Waals surface area contributed by atoms with E-state index in [2.05, 4.69) is 0 Å². The summed E-state index contributed by atoms with van der Waals surface area (Å²) in [6.45, 7) is 0. The highest BCUT2D eigenvalue weighted by Crippen LogP contribution is 2.69. The van der Waals surface area contributed by atoms with Crippen molar-refractivity contribution in [3.05, 3.63) is 0 Å². The summed E-state index contributed by atoms with van der Waals surface area (Å²) in [4.78, 5) is 0. The molecule has 10 heavy (non-hydrogen) atoms. The fraction of sp³-hybridized carbons (Fsp3) is 1.00. The van der Waals surface area contributed by atoms with E-state index in [9.17, 15) is 8.78 Å². The molecule has 2 aliphatic carbocycles. The van der Waals surface area contributed by atoms with E-state index >= 15 is 0 Å². The third kappa shape index (κ3) is 0.565. The van der Waals surface area contributed by atoms with Gasteiger partial charge in [-0.2, -0.15) is 0 Å². The van der Waals surface area contributed by atoms with Gasteiger partial charge in [0.05, 0.1) is 0 Å². The Bertz CT molecular complexity index is 169. The standard InChI is InChI=1S/C7H9ClF2/c8-7(10)5-3-1-2-4-6(5,7)9/h5H,1-4H2/t5-,6+,7+/m0/s1. The maximum absolute atomic E-state index is 13.2. The van der Waals surface area contributed by atoms with Gasteiger partial charge in [-0.3, -0.25) is 0 Å². The average Bonchev–Trinajstić information content (AvgIpc) is 2.30. The molecule has 3 heteroatoms. The minimum atomic E-state index is -2.01. The lowest BCUT2D eigenvalue weighted by molar-refractivity contribution is 0.191. The molecule has 0 aromatic heterocycles. The molecular formula is C7H9ClF2. The van der Waals surface area contributed by atoms with Crippen LogP contribution < -0.4 is 0 Å². The average molecular weight is 167 g/mol. The van der Waals surface area contributed by atoms with Crippen LogP contribution in [0.5, 0.6) is 0 Å². The third-order valence-electron chi connectivity index (χ3n) is 2.74. The number of hydrogen-bond donors (Lipinski definition) is 0. The first-order valence-corrected chi connectivity index (χ1v) is 4.03. The molecule has 0 heterocycles. The number of alkyl halides is 3. The largest absolute Gasteiger partial charge is 0.238 e. The second-order valence-electron chi connectivity index (χ2n) is 3.28. The molecule has 2 rings (SSSR count). The number of rotatable bonds is 0. The SMILES string of the molecule is F[C@]1(Cl)[C@H]2CCCC[C@@]21F. The van der Waals surface area contributed by atoms with E-state index in [1.165, 1.54) is 0 Å². The zero-order valence-electron chi connectivity index (χ0n) is 5.54. The molecule has 0 unspecified atom stereocenters. The molecule has 0 aromatic rings. The first-order chi connectivity index (χ1) is 4.59. The molecule has 3 atom stereocenters. The van der Waals surface area contributed by atoms with Crippen molar-refractivity contribution in [3.63, 3.8) is 0 Å². The van der Waals surface area contributed by atoms with E-state index in [1.807, 2.05) is 0 Å². The van der Waals surface area contributed by atoms with Crippen molar-refractivity contribution in [1.29, 1.82) is 0 Å². The van der Waals surface area contributed by atoms with Gasteiger partial charge >= 0.3 is 0 Å². The zero-order valence-corrected chi connectivity index (χ0v) is 6.30. The fourth-order valence-corrected chi connectivity index (χ4v) is 2.43. The Morgan fingerprint density at radius 3 is 2.40 bits per heavy atom. The molecule has 0 N–H and O–H groups in total. The second-order valence-corrected chi connectivity index (χ2v) is 3.83. The lowest BCUT2D eigenvalue weighted by atomic mass is 9.99. The van der Waals surface area contributed by atoms with E-state index in [-0.39, 0.29) is 0 Å². The Morgan fingerprint density at radius 2 is 2.00 bits per heavy atom. The van der Waals surface area contributed by atoms with Crippen molar-refractivity contribution in [3.8, 4) is 0 Å². The molecule has 0 saturated heterocycles. The van der Waals surface area contributed by atoms with Crippen LogP contribution in [-0.4, -0.2) is 10.8 Å². The predicted molar refractivity (Wildman–Crippen MR) is 35.5 cm³/mol. The smallest absolute Gasteiger partial charge is 0.223 e. The summed E-state index contributed by atoms with van der Waals surface area (Å²) in [7, 11) is 0. The Labute approximate surface area is 63.6 Å². The van der Waals surface area contributed by atoms with Crippen LogP contribution in [0.25, 0.3) is 0 Å². The lowest BCUT2D eigenvalue weighted by Gasteiger charge is -2.10. The van der Waals surface area contributed by atoms with Crippen LogP contribution in [0.4, 0.5) is 8.78 Å². The predicted octanol–water partition coefficient (Wildman–Crippen LogP) is 2.80. The van der Waals surface area contributed by atoms with Crippen molar-refractivity contribution >= 4 is 11.6 Å². The van der Waals surface area contributed by atoms with Crippen molar-refractivity contribution in [2.24, 2.45) is 5.92 Å². The maximum Gasteiger partial charge on any atom is 0.223 e. The minimum Gasteiger partial charge on any atom is -0.238 e. The Kier molecular flexibility index (Phi) is 1.13. The van der Waals surface area contributed by atoms with Crippen molar-refractivity contribution in [1.82, 2.24) is 0 Å². The van der Waals surface area contributed by atoms with Gasteiger partial charge in [0.1, 0.15) is 0 Å². The van der Waals surface area contributed by atoms with Gasteiger partial charge in [-0.05, 0) is 12.8 Å². The third-order valence-corrected chi connectivity index (χ3v) is 3.32. The van der Waals surface area contributed by atoms with Crippen molar-refractivity contribution in [2.45, 2.75) is 36.5 Å². The maximum atomic E-state index is 13.2. The van der Waals surface area contributed by atoms with Crippen molar-refractivity contribution < 1.29 is 8.78 Å². The van der Waals surface area contributed by atoms with Crippen LogP contribution in [0.1, 0.15) is 25.7 Å². The van der Waals surface area contributed by atoms with E-state index in [1.54, 1.807) is 0 Å². The number of fused-ring (bicyclic) bond motifs is 1. The molecule has 0 nitrogen and oxygen atoms in total. The zero-order chi connectivity index (χ0) is 7.41. The van der Waals surface area contributed by atoms with Crippen LogP contribution in [0, 0.1) is 5.92 Å². The molecule has 0 bridgehead atoms. The van der Waals surface area contributed by atoms with Crippen LogP contribution >= 0.6 is 11.6 Å². The van der Waals surface area contributed by atoms with Crippen LogP contribution in [0.3, 0.4) is 0 Å². The topological polar surface area (TPSA) is 0 Å². The monoisotopic (exact) mass is 166 g/mol. The van der Waals surface area contributed by atoms with Gasteiger partial charge in [-0.25, -0.2) is 8.78 Å². The molecule has 2 aliphatic rings. The van der Waals surface area contributed by atoms with E-state index < -0.39 is 16.7 Å². The molecule has 0 spiro atoms. The Hall–Kier alpha value is 0.150. The molecule has 0 radical (unpaired) electrons. The summed E-state index contributed by atoms with van der Waals surface area (Å²) in [5.41, 5.74) is -1.66. The quantitative estimate of drug-likeness (QED) is 0.486. The van der Waals surface area contributed by atoms with Gasteiger partial charge in [-0.1, -0.05) is 24.4 Å². The highest BCUT2D eigenvalue weighted by molar-refractivity contribution is 6.26. The Balaban J connectivity index is 2.20. The highest BCUT2D eigenvalue weighted by atomic mass is 35.5. The van der Waals surface area contributed by atoms with Gasteiger partial charge < -0.3 is 0 Å². The second kappa shape index (κ2) is 1.66. The number of halogens is 3. The normalized spacial score (nSPS) is 59.7. The van der Waals surface area contributed by atoms with Gasteiger partial charge in [0.2, 0.25) is 5.13 Å². The molecule has 2 saturated carbocycles. The van der Waals surface area contributed by atoms with Crippen LogP contribution in [-0.2, 0) is 0 Å². The summed E-state index contributed by atoms with van der Waals surface area (Å²) in [5.74, 6) is -0.504. The first-order valence-electron chi connectivity index (χ1n) is 3.66. The van der Waals surface area contributed by atoms with E-state index in [4.69, 9.17) is 11.6 Å². The summed E-state index contributed by atoms with van der Waals surface area (Å²) in [5, 5.41) is -2.01. The van der Waals surface area contributed by atoms with Crippen molar-refractivity contribution in [2.75, 3.05) is 0 Å². The minimum absolute atomic E-state index is 0.317. The lowest BCUT2D eigenvalue weighted by Crippen LogP contribution is -2.12. The van der Waals surface area contributed by atoms with E-state index in [0.717, 1.165) is 12.8 Å². The first kappa shape index (κ1) is 6.84. The Morgan fingerprint density at radius 1 is 1.30 bits per heavy atom. The molecule has 0 amide bonds. The van der Waals surface area contributed by atoms with Gasteiger partial charge in [-0.15, -0.1) is 0 Å². The number of hydrogen-bond acceptors (Lipinski definition) is 0. The summed E-state index contributed by atoms with van der Waals surface area (Å²) in [6.07, 6.45) is 2.65. The highest BCUT2D eigenvalue weighted by Gasteiger charge is 2.79. The molecule has 0 aliphatic heterocycles. The molecule has 2 fully saturated rings. The van der Waals surface area contributed by atoms with Gasteiger partial charge in [0.25, 0.3) is 0 Å².